The lowest BCUT2D eigenvalue weighted by Gasteiger charge is -2.44. The van der Waals surface area contributed by atoms with E-state index in [9.17, 15) is 9.59 Å². The predicted octanol–water partition coefficient (Wildman–Crippen LogP) is 1.38. The summed E-state index contributed by atoms with van der Waals surface area (Å²) in [5, 5.41) is 0.913. The molecule has 0 radical (unpaired) electrons. The van der Waals surface area contributed by atoms with Crippen molar-refractivity contribution in [3.8, 4) is 0 Å². The highest BCUT2D eigenvalue weighted by molar-refractivity contribution is 5.96. The van der Waals surface area contributed by atoms with Crippen LogP contribution >= 0.6 is 0 Å². The number of methoxy groups -OCH3 is 1. The zero-order chi connectivity index (χ0) is 18.1. The predicted molar refractivity (Wildman–Crippen MR) is 93.8 cm³/mol. The molecule has 2 aliphatic rings. The van der Waals surface area contributed by atoms with Gasteiger partial charge in [-0.3, -0.25) is 9.59 Å². The van der Waals surface area contributed by atoms with Gasteiger partial charge in [0, 0.05) is 38.7 Å². The maximum Gasteiger partial charge on any atom is 0.289 e. The molecule has 26 heavy (non-hydrogen) atoms. The summed E-state index contributed by atoms with van der Waals surface area (Å²) in [6, 6.07) is 9.33. The van der Waals surface area contributed by atoms with E-state index < -0.39 is 5.41 Å². The number of carbonyl (C=O) groups excluding carboxylic acids is 2. The fourth-order valence-corrected chi connectivity index (χ4v) is 3.58. The first-order valence-electron chi connectivity index (χ1n) is 8.77. The summed E-state index contributed by atoms with van der Waals surface area (Å²) < 4.78 is 16.1. The number of para-hydroxylation sites is 1. The first kappa shape index (κ1) is 17.1. The van der Waals surface area contributed by atoms with Gasteiger partial charge in [-0.25, -0.2) is 0 Å². The van der Waals surface area contributed by atoms with Crippen molar-refractivity contribution in [1.29, 1.82) is 0 Å². The molecule has 2 amide bonds. The van der Waals surface area contributed by atoms with Crippen LogP contribution in [0.2, 0.25) is 0 Å². The molecule has 0 saturated carbocycles. The Balaban J connectivity index is 1.40. The Kier molecular flexibility index (Phi) is 4.42. The van der Waals surface area contributed by atoms with E-state index in [0.717, 1.165) is 5.39 Å². The summed E-state index contributed by atoms with van der Waals surface area (Å²) in [5.41, 5.74) is 0.149. The second-order valence-corrected chi connectivity index (χ2v) is 6.94. The molecule has 7 heteroatoms. The fraction of sp³-hybridized carbons (Fsp3) is 0.474. The third-order valence-electron chi connectivity index (χ3n) is 5.12. The second-order valence-electron chi connectivity index (χ2n) is 6.94. The summed E-state index contributed by atoms with van der Waals surface area (Å²) >= 11 is 0. The van der Waals surface area contributed by atoms with E-state index in [1.807, 2.05) is 29.2 Å². The van der Waals surface area contributed by atoms with Gasteiger partial charge in [-0.2, -0.15) is 0 Å². The summed E-state index contributed by atoms with van der Waals surface area (Å²) in [4.78, 5) is 29.0. The molecule has 0 unspecified atom stereocenters. The average molecular weight is 358 g/mol. The molecule has 7 nitrogen and oxygen atoms in total. The van der Waals surface area contributed by atoms with Crippen molar-refractivity contribution in [3.63, 3.8) is 0 Å². The van der Waals surface area contributed by atoms with Gasteiger partial charge in [0.2, 0.25) is 5.91 Å². The third-order valence-corrected chi connectivity index (χ3v) is 5.12. The molecular formula is C19H22N2O5. The lowest BCUT2D eigenvalue weighted by molar-refractivity contribution is -0.184. The number of nitrogens with zero attached hydrogens (tertiary/aromatic N) is 2. The number of piperazine rings is 1. The van der Waals surface area contributed by atoms with Gasteiger partial charge in [0.05, 0.1) is 19.8 Å². The zero-order valence-electron chi connectivity index (χ0n) is 14.8. The number of hydrogen-bond donors (Lipinski definition) is 0. The van der Waals surface area contributed by atoms with Crippen LogP contribution in [0.3, 0.4) is 0 Å². The summed E-state index contributed by atoms with van der Waals surface area (Å²) in [6.07, 6.45) is 0. The van der Waals surface area contributed by atoms with Crippen molar-refractivity contribution in [3.05, 3.63) is 36.1 Å². The largest absolute Gasteiger partial charge is 0.451 e. The van der Waals surface area contributed by atoms with Crippen LogP contribution in [0.5, 0.6) is 0 Å². The molecule has 2 fully saturated rings. The van der Waals surface area contributed by atoms with Crippen LogP contribution in [0.25, 0.3) is 11.0 Å². The van der Waals surface area contributed by atoms with Crippen LogP contribution in [0.4, 0.5) is 0 Å². The van der Waals surface area contributed by atoms with Crippen LogP contribution in [0, 0.1) is 5.41 Å². The Bertz CT molecular complexity index is 785. The second kappa shape index (κ2) is 6.74. The van der Waals surface area contributed by atoms with Gasteiger partial charge in [-0.1, -0.05) is 18.2 Å². The van der Waals surface area contributed by atoms with Crippen molar-refractivity contribution in [1.82, 2.24) is 9.80 Å². The van der Waals surface area contributed by atoms with E-state index in [2.05, 4.69) is 0 Å². The molecule has 1 aromatic carbocycles. The van der Waals surface area contributed by atoms with Gasteiger partial charge in [0.25, 0.3) is 5.91 Å². The molecule has 4 rings (SSSR count). The number of amides is 2. The van der Waals surface area contributed by atoms with Crippen LogP contribution in [-0.2, 0) is 14.3 Å². The van der Waals surface area contributed by atoms with E-state index in [0.29, 0.717) is 57.3 Å². The van der Waals surface area contributed by atoms with Gasteiger partial charge in [-0.15, -0.1) is 0 Å². The molecule has 3 heterocycles. The molecule has 2 aliphatic heterocycles. The van der Waals surface area contributed by atoms with Gasteiger partial charge in [0.1, 0.15) is 11.0 Å². The lowest BCUT2D eigenvalue weighted by Crippen LogP contribution is -2.61. The molecule has 1 aromatic heterocycles. The van der Waals surface area contributed by atoms with E-state index >= 15 is 0 Å². The fourth-order valence-electron chi connectivity index (χ4n) is 3.58. The molecule has 0 aliphatic carbocycles. The topological polar surface area (TPSA) is 72.2 Å². The van der Waals surface area contributed by atoms with Gasteiger partial charge in [-0.05, 0) is 12.1 Å². The highest BCUT2D eigenvalue weighted by atomic mass is 16.5. The van der Waals surface area contributed by atoms with E-state index in [-0.39, 0.29) is 11.8 Å². The van der Waals surface area contributed by atoms with E-state index in [1.54, 1.807) is 18.1 Å². The zero-order valence-corrected chi connectivity index (χ0v) is 14.8. The lowest BCUT2D eigenvalue weighted by atomic mass is 9.85. The Morgan fingerprint density at radius 2 is 1.81 bits per heavy atom. The molecule has 138 valence electrons. The first-order chi connectivity index (χ1) is 12.6. The molecule has 0 bridgehead atoms. The molecule has 2 aromatic rings. The van der Waals surface area contributed by atoms with E-state index in [4.69, 9.17) is 13.9 Å². The molecule has 2 saturated heterocycles. The molecule has 0 N–H and O–H groups in total. The third kappa shape index (κ3) is 2.87. The summed E-state index contributed by atoms with van der Waals surface area (Å²) in [6.45, 7) is 3.17. The highest BCUT2D eigenvalue weighted by Gasteiger charge is 2.48. The van der Waals surface area contributed by atoms with Crippen molar-refractivity contribution in [2.24, 2.45) is 5.41 Å². The molecule has 0 spiro atoms. The summed E-state index contributed by atoms with van der Waals surface area (Å²) in [7, 11) is 1.59. The summed E-state index contributed by atoms with van der Waals surface area (Å²) in [5.74, 6) is 0.266. The molecule has 0 atom stereocenters. The number of rotatable bonds is 4. The number of fused-ring (bicyclic) bond motifs is 1. The minimum atomic E-state index is -0.556. The van der Waals surface area contributed by atoms with Crippen molar-refractivity contribution >= 4 is 22.8 Å². The van der Waals surface area contributed by atoms with Crippen LogP contribution < -0.4 is 0 Å². The minimum absolute atomic E-state index is 0.0569. The highest BCUT2D eigenvalue weighted by Crippen LogP contribution is 2.31. The van der Waals surface area contributed by atoms with Crippen LogP contribution in [-0.4, -0.2) is 74.7 Å². The van der Waals surface area contributed by atoms with Crippen LogP contribution in [0.15, 0.2) is 34.7 Å². The normalized spacial score (nSPS) is 19.4. The Hall–Kier alpha value is -2.38. The smallest absolute Gasteiger partial charge is 0.289 e. The first-order valence-corrected chi connectivity index (χ1v) is 8.77. The Morgan fingerprint density at radius 3 is 2.42 bits per heavy atom. The monoisotopic (exact) mass is 358 g/mol. The van der Waals surface area contributed by atoms with Crippen molar-refractivity contribution < 1.29 is 23.5 Å². The number of hydrogen-bond acceptors (Lipinski definition) is 5. The van der Waals surface area contributed by atoms with Gasteiger partial charge < -0.3 is 23.7 Å². The Morgan fingerprint density at radius 1 is 1.12 bits per heavy atom. The number of carbonyl (C=O) groups is 2. The SMILES string of the molecule is COCC1(C(=O)N2CCN(C(=O)c3cc4ccccc4o3)CC2)COC1. The quantitative estimate of drug-likeness (QED) is 0.826. The minimum Gasteiger partial charge on any atom is -0.451 e. The van der Waals surface area contributed by atoms with Gasteiger partial charge in [0.15, 0.2) is 5.76 Å². The standard InChI is InChI=1S/C19H22N2O5/c1-24-11-19(12-25-13-19)18(23)21-8-6-20(7-9-21)17(22)16-10-14-4-2-3-5-15(14)26-16/h2-5,10H,6-9,11-13H2,1H3. The number of furan rings is 1. The maximum absolute atomic E-state index is 12.8. The van der Waals surface area contributed by atoms with Crippen LogP contribution in [0.1, 0.15) is 10.6 Å². The average Bonchev–Trinajstić information content (AvgIpc) is 3.08. The van der Waals surface area contributed by atoms with E-state index in [1.165, 1.54) is 0 Å². The van der Waals surface area contributed by atoms with Crippen molar-refractivity contribution in [2.75, 3.05) is 53.1 Å². The van der Waals surface area contributed by atoms with Crippen molar-refractivity contribution in [2.45, 2.75) is 0 Å². The molecular weight excluding hydrogens is 336 g/mol. The Labute approximate surface area is 151 Å². The maximum atomic E-state index is 12.8. The number of ether oxygens (including phenoxy) is 2. The van der Waals surface area contributed by atoms with Gasteiger partial charge >= 0.3 is 0 Å². The number of benzene rings is 1.